The molecule has 2 aliphatic heterocycles. The number of likely N-dealkylation sites (tertiary alicyclic amines) is 1. The number of amides is 1. The first-order valence-electron chi connectivity index (χ1n) is 8.16. The number of carbonyl (C=O) groups is 1. The normalized spacial score (nSPS) is 24.3. The summed E-state index contributed by atoms with van der Waals surface area (Å²) in [6.45, 7) is 2.36. The first kappa shape index (κ1) is 13.7. The molecule has 2 fully saturated rings. The van der Waals surface area contributed by atoms with Crippen molar-refractivity contribution in [2.75, 3.05) is 43.6 Å². The van der Waals surface area contributed by atoms with Crippen LogP contribution in [0.25, 0.3) is 0 Å². The van der Waals surface area contributed by atoms with Crippen molar-refractivity contribution in [1.29, 1.82) is 0 Å². The fourth-order valence-corrected chi connectivity index (χ4v) is 3.56. The maximum Gasteiger partial charge on any atom is 0.245 e. The molecule has 0 aromatic heterocycles. The van der Waals surface area contributed by atoms with Crippen molar-refractivity contribution in [3.05, 3.63) is 18.2 Å². The molecule has 2 heterocycles. The highest BCUT2D eigenvalue weighted by atomic mass is 16.5. The molecule has 5 nitrogen and oxygen atoms in total. The van der Waals surface area contributed by atoms with Crippen molar-refractivity contribution in [2.24, 2.45) is 0 Å². The van der Waals surface area contributed by atoms with Crippen LogP contribution in [0.1, 0.15) is 19.3 Å². The molecular weight excluding hydrogens is 278 g/mol. The third kappa shape index (κ3) is 2.19. The Morgan fingerprint density at radius 2 is 1.95 bits per heavy atom. The van der Waals surface area contributed by atoms with Crippen LogP contribution in [-0.4, -0.2) is 56.7 Å². The van der Waals surface area contributed by atoms with E-state index in [2.05, 4.69) is 32.9 Å². The van der Waals surface area contributed by atoms with Crippen molar-refractivity contribution in [3.63, 3.8) is 0 Å². The van der Waals surface area contributed by atoms with Gasteiger partial charge in [-0.25, -0.2) is 0 Å². The Labute approximate surface area is 131 Å². The summed E-state index contributed by atoms with van der Waals surface area (Å²) in [5.74, 6) is 1.21. The maximum atomic E-state index is 12.7. The predicted octanol–water partition coefficient (Wildman–Crippen LogP) is 1.71. The van der Waals surface area contributed by atoms with Crippen molar-refractivity contribution in [1.82, 2.24) is 4.90 Å². The minimum Gasteiger partial charge on any atom is -0.489 e. The third-order valence-electron chi connectivity index (χ3n) is 4.93. The molecule has 0 bridgehead atoms. The smallest absolute Gasteiger partial charge is 0.245 e. The molecule has 5 heteroatoms. The van der Waals surface area contributed by atoms with E-state index in [1.807, 2.05) is 14.1 Å². The van der Waals surface area contributed by atoms with Crippen LogP contribution in [0.5, 0.6) is 5.75 Å². The second kappa shape index (κ2) is 5.07. The molecule has 1 aromatic carbocycles. The Morgan fingerprint density at radius 1 is 1.14 bits per heavy atom. The summed E-state index contributed by atoms with van der Waals surface area (Å²) in [7, 11) is 4.05. The molecule has 1 aliphatic carbocycles. The van der Waals surface area contributed by atoms with Crippen LogP contribution in [-0.2, 0) is 4.79 Å². The summed E-state index contributed by atoms with van der Waals surface area (Å²) in [5.41, 5.74) is 2.19. The summed E-state index contributed by atoms with van der Waals surface area (Å²) < 4.78 is 5.83. The summed E-state index contributed by atoms with van der Waals surface area (Å²) in [6.07, 6.45) is 3.30. The summed E-state index contributed by atoms with van der Waals surface area (Å²) in [6, 6.07) is 6.78. The second-order valence-electron chi connectivity index (χ2n) is 6.66. The predicted molar refractivity (Wildman–Crippen MR) is 86.8 cm³/mol. The average molecular weight is 301 g/mol. The highest BCUT2D eigenvalue weighted by Crippen LogP contribution is 2.39. The number of carbonyl (C=O) groups excluding carboxylic acids is 1. The van der Waals surface area contributed by atoms with Crippen molar-refractivity contribution in [3.8, 4) is 5.75 Å². The second-order valence-corrected chi connectivity index (χ2v) is 6.66. The number of anilines is 2. The van der Waals surface area contributed by atoms with Crippen molar-refractivity contribution >= 4 is 17.3 Å². The Morgan fingerprint density at radius 3 is 2.68 bits per heavy atom. The van der Waals surface area contributed by atoms with E-state index < -0.39 is 0 Å². The topological polar surface area (TPSA) is 36.0 Å². The van der Waals surface area contributed by atoms with Gasteiger partial charge in [-0.1, -0.05) is 0 Å². The molecule has 1 atom stereocenters. The van der Waals surface area contributed by atoms with Gasteiger partial charge in [-0.05, 0) is 31.4 Å². The van der Waals surface area contributed by atoms with Gasteiger partial charge >= 0.3 is 0 Å². The van der Waals surface area contributed by atoms with Crippen molar-refractivity contribution in [2.45, 2.75) is 31.3 Å². The van der Waals surface area contributed by atoms with Gasteiger partial charge in [0.25, 0.3) is 0 Å². The Hall–Kier alpha value is -1.91. The van der Waals surface area contributed by atoms with Crippen LogP contribution in [0.3, 0.4) is 0 Å². The van der Waals surface area contributed by atoms with Crippen molar-refractivity contribution < 1.29 is 9.53 Å². The minimum absolute atomic E-state index is 0.00606. The molecule has 22 heavy (non-hydrogen) atoms. The number of ether oxygens (including phenoxy) is 1. The number of hydrogen-bond donors (Lipinski definition) is 0. The van der Waals surface area contributed by atoms with Gasteiger partial charge in [-0.2, -0.15) is 0 Å². The highest BCUT2D eigenvalue weighted by Gasteiger charge is 2.43. The van der Waals surface area contributed by atoms with E-state index in [9.17, 15) is 4.79 Å². The average Bonchev–Trinajstić information content (AvgIpc) is 3.29. The number of benzene rings is 1. The fourth-order valence-electron chi connectivity index (χ4n) is 3.56. The van der Waals surface area contributed by atoms with E-state index >= 15 is 0 Å². The van der Waals surface area contributed by atoms with E-state index in [0.717, 1.165) is 36.6 Å². The highest BCUT2D eigenvalue weighted by molar-refractivity contribution is 5.89. The van der Waals surface area contributed by atoms with Gasteiger partial charge in [0.05, 0.1) is 12.2 Å². The van der Waals surface area contributed by atoms with Crippen LogP contribution in [0.15, 0.2) is 18.2 Å². The Kier molecular flexibility index (Phi) is 3.17. The van der Waals surface area contributed by atoms with E-state index in [1.54, 1.807) is 0 Å². The van der Waals surface area contributed by atoms with Crippen LogP contribution in [0.4, 0.5) is 11.4 Å². The molecule has 1 saturated heterocycles. The molecule has 0 unspecified atom stereocenters. The zero-order chi connectivity index (χ0) is 15.3. The first-order valence-corrected chi connectivity index (χ1v) is 8.16. The Bertz CT molecular complexity index is 598. The summed E-state index contributed by atoms with van der Waals surface area (Å²) in [5, 5.41) is 0. The minimum atomic E-state index is -0.00606. The van der Waals surface area contributed by atoms with Crippen LogP contribution < -0.4 is 14.5 Å². The zero-order valence-corrected chi connectivity index (χ0v) is 13.3. The number of hydrogen-bond acceptors (Lipinski definition) is 4. The molecule has 1 aromatic rings. The van der Waals surface area contributed by atoms with Gasteiger partial charge in [0.2, 0.25) is 5.91 Å². The first-order chi connectivity index (χ1) is 10.6. The largest absolute Gasteiger partial charge is 0.489 e. The van der Waals surface area contributed by atoms with Gasteiger partial charge in [0, 0.05) is 38.4 Å². The van der Waals surface area contributed by atoms with Crippen LogP contribution >= 0.6 is 0 Å². The molecular formula is C17H23N3O2. The maximum absolute atomic E-state index is 12.7. The summed E-state index contributed by atoms with van der Waals surface area (Å²) in [4.78, 5) is 19.1. The van der Waals surface area contributed by atoms with E-state index in [1.165, 1.54) is 12.8 Å². The monoisotopic (exact) mass is 301 g/mol. The standard InChI is InChI=1S/C17H23N3O2/c1-18(2)13-5-6-14-16(11-13)22-10-9-20(14)15-7-8-19(17(15)21)12-3-4-12/h5-6,11-12,15H,3-4,7-10H2,1-2H3/t15-/m0/s1. The van der Waals surface area contributed by atoms with Gasteiger partial charge in [-0.3, -0.25) is 4.79 Å². The van der Waals surface area contributed by atoms with Gasteiger partial charge in [0.15, 0.2) is 0 Å². The van der Waals surface area contributed by atoms with E-state index in [-0.39, 0.29) is 6.04 Å². The summed E-state index contributed by atoms with van der Waals surface area (Å²) >= 11 is 0. The number of rotatable bonds is 3. The molecule has 4 rings (SSSR count). The van der Waals surface area contributed by atoms with Gasteiger partial charge < -0.3 is 19.4 Å². The lowest BCUT2D eigenvalue weighted by molar-refractivity contribution is -0.129. The molecule has 1 saturated carbocycles. The lowest BCUT2D eigenvalue weighted by atomic mass is 10.1. The number of fused-ring (bicyclic) bond motifs is 1. The molecule has 0 spiro atoms. The van der Waals surface area contributed by atoms with Gasteiger partial charge in [-0.15, -0.1) is 0 Å². The van der Waals surface area contributed by atoms with Crippen LogP contribution in [0.2, 0.25) is 0 Å². The quantitative estimate of drug-likeness (QED) is 0.851. The SMILES string of the molecule is CN(C)c1ccc2c(c1)OCCN2[C@H]1CCN(C2CC2)C1=O. The van der Waals surface area contributed by atoms with Gasteiger partial charge in [0.1, 0.15) is 18.4 Å². The lowest BCUT2D eigenvalue weighted by Crippen LogP contribution is -2.46. The lowest BCUT2D eigenvalue weighted by Gasteiger charge is -2.35. The zero-order valence-electron chi connectivity index (χ0n) is 13.3. The Balaban J connectivity index is 1.61. The third-order valence-corrected chi connectivity index (χ3v) is 4.93. The van der Waals surface area contributed by atoms with E-state index in [4.69, 9.17) is 4.74 Å². The number of nitrogens with zero attached hydrogens (tertiary/aromatic N) is 3. The molecule has 0 N–H and O–H groups in total. The molecule has 118 valence electrons. The molecule has 0 radical (unpaired) electrons. The van der Waals surface area contributed by atoms with Crippen LogP contribution in [0, 0.1) is 0 Å². The fraction of sp³-hybridized carbons (Fsp3) is 0.588. The van der Waals surface area contributed by atoms with E-state index in [0.29, 0.717) is 18.6 Å². The molecule has 3 aliphatic rings. The molecule has 1 amide bonds.